The Bertz CT molecular complexity index is 1290. The van der Waals surface area contributed by atoms with E-state index in [0.29, 0.717) is 22.8 Å². The molecule has 0 bridgehead atoms. The molecule has 2 aliphatic heterocycles. The van der Waals surface area contributed by atoms with Crippen LogP contribution in [-0.4, -0.2) is 49.7 Å². The zero-order valence-electron chi connectivity index (χ0n) is 19.8. The third-order valence-corrected chi connectivity index (χ3v) is 6.83. The van der Waals surface area contributed by atoms with E-state index in [1.54, 1.807) is 30.9 Å². The highest BCUT2D eigenvalue weighted by Crippen LogP contribution is 2.43. The first kappa shape index (κ1) is 22.4. The molecule has 0 unspecified atom stereocenters. The van der Waals surface area contributed by atoms with Crippen molar-refractivity contribution in [1.82, 2.24) is 19.5 Å². The highest BCUT2D eigenvalue weighted by atomic mass is 19.1. The van der Waals surface area contributed by atoms with Crippen LogP contribution in [0.15, 0.2) is 36.9 Å². The maximum absolute atomic E-state index is 14.1. The van der Waals surface area contributed by atoms with Crippen molar-refractivity contribution in [3.8, 4) is 11.8 Å². The van der Waals surface area contributed by atoms with Crippen LogP contribution in [0.4, 0.5) is 10.2 Å². The van der Waals surface area contributed by atoms with Crippen molar-refractivity contribution in [3.63, 3.8) is 0 Å². The van der Waals surface area contributed by atoms with Gasteiger partial charge in [0.2, 0.25) is 0 Å². The molecular weight excluding hydrogens is 449 g/mol. The number of imidazole rings is 1. The van der Waals surface area contributed by atoms with Gasteiger partial charge >= 0.3 is 0 Å². The van der Waals surface area contributed by atoms with Crippen molar-refractivity contribution in [2.75, 3.05) is 5.32 Å². The van der Waals surface area contributed by atoms with Crippen LogP contribution < -0.4 is 5.32 Å². The van der Waals surface area contributed by atoms with E-state index in [1.165, 1.54) is 25.3 Å². The van der Waals surface area contributed by atoms with Gasteiger partial charge in [-0.25, -0.2) is 19.3 Å². The molecule has 35 heavy (non-hydrogen) atoms. The highest BCUT2D eigenvalue weighted by molar-refractivity contribution is 5.82. The second-order valence-electron chi connectivity index (χ2n) is 9.79. The van der Waals surface area contributed by atoms with Crippen LogP contribution >= 0.6 is 0 Å². The molecule has 3 aromatic rings. The van der Waals surface area contributed by atoms with E-state index >= 15 is 0 Å². The molecule has 3 aliphatic rings. The summed E-state index contributed by atoms with van der Waals surface area (Å²) in [4.78, 5) is 13.6. The van der Waals surface area contributed by atoms with Crippen LogP contribution in [0.5, 0.6) is 0 Å². The molecule has 6 rings (SSSR count). The van der Waals surface area contributed by atoms with Gasteiger partial charge in [-0.1, -0.05) is 43.2 Å². The average Bonchev–Trinajstić information content (AvgIpc) is 3.51. The Morgan fingerprint density at radius 1 is 1.06 bits per heavy atom. The van der Waals surface area contributed by atoms with Crippen LogP contribution in [0.2, 0.25) is 0 Å². The molecule has 0 radical (unpaired) electrons. The van der Waals surface area contributed by atoms with Gasteiger partial charge in [0, 0.05) is 6.04 Å². The lowest BCUT2D eigenvalue weighted by Crippen LogP contribution is -2.28. The van der Waals surface area contributed by atoms with Gasteiger partial charge in [0.1, 0.15) is 30.5 Å². The molecule has 8 nitrogen and oxygen atoms in total. The molecule has 0 amide bonds. The molecule has 182 valence electrons. The predicted molar refractivity (Wildman–Crippen MR) is 127 cm³/mol. The van der Waals surface area contributed by atoms with Crippen molar-refractivity contribution in [3.05, 3.63) is 48.3 Å². The summed E-state index contributed by atoms with van der Waals surface area (Å²) in [5.74, 6) is 5.53. The van der Waals surface area contributed by atoms with E-state index in [2.05, 4.69) is 32.1 Å². The maximum atomic E-state index is 14.1. The Morgan fingerprint density at radius 2 is 1.86 bits per heavy atom. The van der Waals surface area contributed by atoms with Gasteiger partial charge in [-0.15, -0.1) is 0 Å². The van der Waals surface area contributed by atoms with Gasteiger partial charge < -0.3 is 19.5 Å². The molecule has 2 saturated heterocycles. The largest absolute Gasteiger partial charge is 0.365 e. The third kappa shape index (κ3) is 4.27. The van der Waals surface area contributed by atoms with Crippen LogP contribution in [0, 0.1) is 17.7 Å². The number of fused-ring (bicyclic) bond motifs is 2. The zero-order chi connectivity index (χ0) is 24.0. The van der Waals surface area contributed by atoms with Crippen LogP contribution in [0.3, 0.4) is 0 Å². The van der Waals surface area contributed by atoms with Gasteiger partial charge in [0.05, 0.1) is 11.9 Å². The Balaban J connectivity index is 1.31. The number of aromatic nitrogens is 4. The topological polar surface area (TPSA) is 83.3 Å². The summed E-state index contributed by atoms with van der Waals surface area (Å²) in [6.07, 6.45) is 7.22. The van der Waals surface area contributed by atoms with Gasteiger partial charge in [-0.3, -0.25) is 4.57 Å². The molecule has 9 heteroatoms. The van der Waals surface area contributed by atoms with Crippen LogP contribution in [-0.2, 0) is 14.2 Å². The van der Waals surface area contributed by atoms with Crippen molar-refractivity contribution < 1.29 is 18.6 Å². The number of halogens is 1. The fourth-order valence-electron chi connectivity index (χ4n) is 5.21. The van der Waals surface area contributed by atoms with E-state index < -0.39 is 30.3 Å². The third-order valence-electron chi connectivity index (χ3n) is 6.83. The van der Waals surface area contributed by atoms with E-state index in [1.807, 2.05) is 18.4 Å². The minimum atomic E-state index is -0.797. The van der Waals surface area contributed by atoms with Crippen molar-refractivity contribution in [2.24, 2.45) is 0 Å². The van der Waals surface area contributed by atoms with Gasteiger partial charge in [0.25, 0.3) is 0 Å². The lowest BCUT2D eigenvalue weighted by atomic mass is 9.95. The SMILES string of the molecule is CC1(C)O[C@H]2[C@H](O1)[C@@H](C#Cc1ccccc1F)O[C@H]2n1cnc2c(NC3CCCCC3)ncnc21. The highest BCUT2D eigenvalue weighted by Gasteiger charge is 2.56. The number of hydrogen-bond acceptors (Lipinski definition) is 7. The first-order chi connectivity index (χ1) is 17.0. The summed E-state index contributed by atoms with van der Waals surface area (Å²) in [5, 5.41) is 3.56. The van der Waals surface area contributed by atoms with E-state index in [-0.39, 0.29) is 5.82 Å². The fraction of sp³-hybridized carbons (Fsp3) is 0.500. The van der Waals surface area contributed by atoms with E-state index in [9.17, 15) is 4.39 Å². The lowest BCUT2D eigenvalue weighted by molar-refractivity contribution is -0.190. The predicted octanol–water partition coefficient (Wildman–Crippen LogP) is 4.18. The molecule has 1 saturated carbocycles. The molecule has 0 spiro atoms. The minimum absolute atomic E-state index is 0.313. The second kappa shape index (κ2) is 8.86. The van der Waals surface area contributed by atoms with Crippen molar-refractivity contribution in [2.45, 2.75) is 82.3 Å². The molecule has 1 aliphatic carbocycles. The molecule has 1 N–H and O–H groups in total. The van der Waals surface area contributed by atoms with E-state index in [0.717, 1.165) is 18.7 Å². The number of anilines is 1. The molecule has 1 aromatic carbocycles. The van der Waals surface area contributed by atoms with Crippen molar-refractivity contribution in [1.29, 1.82) is 0 Å². The van der Waals surface area contributed by atoms with Gasteiger partial charge in [0.15, 0.2) is 29.0 Å². The number of rotatable bonds is 3. The number of nitrogens with one attached hydrogen (secondary N) is 1. The molecule has 2 aromatic heterocycles. The zero-order valence-corrected chi connectivity index (χ0v) is 19.8. The number of nitrogens with zero attached hydrogens (tertiary/aromatic N) is 4. The van der Waals surface area contributed by atoms with Gasteiger partial charge in [-0.2, -0.15) is 0 Å². The molecule has 4 heterocycles. The quantitative estimate of drug-likeness (QED) is 0.567. The Kier molecular flexibility index (Phi) is 5.67. The maximum Gasteiger partial charge on any atom is 0.167 e. The van der Waals surface area contributed by atoms with E-state index in [4.69, 9.17) is 14.2 Å². The molecule has 4 atom stereocenters. The van der Waals surface area contributed by atoms with Crippen LogP contribution in [0.1, 0.15) is 57.7 Å². The monoisotopic (exact) mass is 477 g/mol. The summed E-state index contributed by atoms with van der Waals surface area (Å²) >= 11 is 0. The first-order valence-corrected chi connectivity index (χ1v) is 12.2. The second-order valence-corrected chi connectivity index (χ2v) is 9.79. The average molecular weight is 478 g/mol. The number of benzene rings is 1. The standard InChI is InChI=1S/C26H28FN5O3/c1-26(2)34-21-19(13-12-16-8-6-7-11-18(16)27)33-25(22(21)35-26)32-15-30-20-23(28-14-29-24(20)32)31-17-9-4-3-5-10-17/h6-8,11,14-15,17,19,21-22,25H,3-5,9-10H2,1-2H3,(H,28,29,31)/t19-,21-,22+,25-/m1/s1. The Morgan fingerprint density at radius 3 is 2.69 bits per heavy atom. The van der Waals surface area contributed by atoms with Gasteiger partial charge in [-0.05, 0) is 38.8 Å². The Labute approximate surface area is 203 Å². The molecular formula is C26H28FN5O3. The normalized spacial score (nSPS) is 28.0. The number of hydrogen-bond donors (Lipinski definition) is 1. The fourth-order valence-corrected chi connectivity index (χ4v) is 5.21. The summed E-state index contributed by atoms with van der Waals surface area (Å²) in [6, 6.07) is 6.81. The smallest absolute Gasteiger partial charge is 0.167 e. The summed E-state index contributed by atoms with van der Waals surface area (Å²) in [7, 11) is 0. The van der Waals surface area contributed by atoms with Crippen LogP contribution in [0.25, 0.3) is 11.2 Å². The lowest BCUT2D eigenvalue weighted by Gasteiger charge is -2.24. The summed E-state index contributed by atoms with van der Waals surface area (Å²) in [5.41, 5.74) is 1.66. The Hall–Kier alpha value is -3.06. The summed E-state index contributed by atoms with van der Waals surface area (Å²) in [6.45, 7) is 3.73. The number of ether oxygens (including phenoxy) is 3. The first-order valence-electron chi connectivity index (χ1n) is 12.2. The minimum Gasteiger partial charge on any atom is -0.365 e. The summed E-state index contributed by atoms with van der Waals surface area (Å²) < 4.78 is 34.6. The molecule has 3 fully saturated rings. The van der Waals surface area contributed by atoms with Crippen molar-refractivity contribution >= 4 is 17.0 Å².